The molecule has 1 aromatic carbocycles. The van der Waals surface area contributed by atoms with Crippen molar-refractivity contribution in [3.8, 4) is 11.8 Å². The lowest BCUT2D eigenvalue weighted by molar-refractivity contribution is -0.135. The Morgan fingerprint density at radius 1 is 1.32 bits per heavy atom. The summed E-state index contributed by atoms with van der Waals surface area (Å²) in [5.74, 6) is 0.436. The maximum Gasteiger partial charge on any atom is 0.275 e. The topological polar surface area (TPSA) is 65.4 Å². The van der Waals surface area contributed by atoms with Gasteiger partial charge in [0.2, 0.25) is 0 Å². The van der Waals surface area contributed by atoms with E-state index in [0.29, 0.717) is 23.4 Å². The molecular formula is C17H23N3O2. The molecule has 1 aliphatic rings. The van der Waals surface area contributed by atoms with E-state index in [4.69, 9.17) is 10.00 Å². The number of hydrogen-bond acceptors (Lipinski definition) is 4. The largest absolute Gasteiger partial charge is 0.481 e. The molecule has 5 nitrogen and oxygen atoms in total. The van der Waals surface area contributed by atoms with Crippen molar-refractivity contribution in [1.82, 2.24) is 10.4 Å². The van der Waals surface area contributed by atoms with Crippen molar-refractivity contribution >= 4 is 5.91 Å². The molecule has 0 bridgehead atoms. The number of nitrogens with one attached hydrogen (secondary N) is 1. The van der Waals surface area contributed by atoms with Gasteiger partial charge in [0.15, 0.2) is 6.10 Å². The second-order valence-corrected chi connectivity index (χ2v) is 5.91. The van der Waals surface area contributed by atoms with Crippen LogP contribution in [0.15, 0.2) is 24.3 Å². The van der Waals surface area contributed by atoms with Crippen molar-refractivity contribution in [1.29, 1.82) is 5.26 Å². The Hall–Kier alpha value is -2.06. The summed E-state index contributed by atoms with van der Waals surface area (Å²) in [6.45, 7) is 5.98. The number of amides is 1. The lowest BCUT2D eigenvalue weighted by atomic mass is 10.00. The fourth-order valence-corrected chi connectivity index (χ4v) is 2.73. The van der Waals surface area contributed by atoms with E-state index < -0.39 is 6.10 Å². The zero-order valence-corrected chi connectivity index (χ0v) is 13.4. The first-order valence-electron chi connectivity index (χ1n) is 7.77. The molecule has 3 atom stereocenters. The Kier molecular flexibility index (Phi) is 5.40. The highest BCUT2D eigenvalue weighted by Crippen LogP contribution is 2.20. The standard InChI is InChI=1S/C17H23N3O2/c1-12-5-4-6-13(2)20(12)19-17(21)14(3)22-16-9-7-15(11-18)8-10-16/h7-10,12-14H,4-6H2,1-3H3,(H,19,21)/t12-,13-,14-/m1/s1. The van der Waals surface area contributed by atoms with Crippen LogP contribution in [0.1, 0.15) is 45.6 Å². The summed E-state index contributed by atoms with van der Waals surface area (Å²) >= 11 is 0. The maximum atomic E-state index is 12.3. The average molecular weight is 301 g/mol. The molecule has 5 heteroatoms. The molecule has 0 radical (unpaired) electrons. The van der Waals surface area contributed by atoms with Crippen LogP contribution in [0.3, 0.4) is 0 Å². The number of ether oxygens (including phenoxy) is 1. The Bertz CT molecular complexity index is 540. The lowest BCUT2D eigenvalue weighted by Gasteiger charge is -2.39. The van der Waals surface area contributed by atoms with Gasteiger partial charge in [-0.2, -0.15) is 5.26 Å². The van der Waals surface area contributed by atoms with Crippen LogP contribution >= 0.6 is 0 Å². The van der Waals surface area contributed by atoms with Crippen molar-refractivity contribution in [2.45, 2.75) is 58.2 Å². The van der Waals surface area contributed by atoms with E-state index in [1.807, 2.05) is 5.01 Å². The zero-order valence-electron chi connectivity index (χ0n) is 13.4. The predicted octanol–water partition coefficient (Wildman–Crippen LogP) is 2.62. The number of benzene rings is 1. The quantitative estimate of drug-likeness (QED) is 0.928. The Morgan fingerprint density at radius 2 is 1.91 bits per heavy atom. The van der Waals surface area contributed by atoms with Crippen LogP contribution < -0.4 is 10.2 Å². The molecule has 0 aliphatic carbocycles. The van der Waals surface area contributed by atoms with Gasteiger partial charge in [-0.05, 0) is 57.9 Å². The second kappa shape index (κ2) is 7.28. The zero-order chi connectivity index (χ0) is 16.1. The van der Waals surface area contributed by atoms with Gasteiger partial charge in [-0.1, -0.05) is 6.42 Å². The highest BCUT2D eigenvalue weighted by atomic mass is 16.5. The third-order valence-corrected chi connectivity index (χ3v) is 4.10. The van der Waals surface area contributed by atoms with Gasteiger partial charge in [0.1, 0.15) is 5.75 Å². The summed E-state index contributed by atoms with van der Waals surface area (Å²) in [6, 6.07) is 9.49. The van der Waals surface area contributed by atoms with Crippen molar-refractivity contribution < 1.29 is 9.53 Å². The summed E-state index contributed by atoms with van der Waals surface area (Å²) in [5.41, 5.74) is 3.55. The predicted molar refractivity (Wildman–Crippen MR) is 84.0 cm³/mol. The highest BCUT2D eigenvalue weighted by Gasteiger charge is 2.28. The first-order valence-corrected chi connectivity index (χ1v) is 7.77. The molecular weight excluding hydrogens is 278 g/mol. The summed E-state index contributed by atoms with van der Waals surface area (Å²) in [4.78, 5) is 12.3. The van der Waals surface area contributed by atoms with E-state index in [9.17, 15) is 4.79 Å². The fraction of sp³-hybridized carbons (Fsp3) is 0.529. The minimum absolute atomic E-state index is 0.148. The van der Waals surface area contributed by atoms with E-state index in [2.05, 4.69) is 25.3 Å². The molecule has 0 saturated carbocycles. The SMILES string of the molecule is C[C@@H]1CCC[C@@H](C)N1NC(=O)[C@@H](C)Oc1ccc(C#N)cc1. The number of rotatable bonds is 4. The van der Waals surface area contributed by atoms with Crippen LogP contribution in [0.4, 0.5) is 0 Å². The van der Waals surface area contributed by atoms with Crippen LogP contribution in [0.2, 0.25) is 0 Å². The second-order valence-electron chi connectivity index (χ2n) is 5.91. The number of nitriles is 1. The first-order chi connectivity index (χ1) is 10.5. The molecule has 1 saturated heterocycles. The molecule has 1 fully saturated rings. The van der Waals surface area contributed by atoms with Gasteiger partial charge >= 0.3 is 0 Å². The maximum absolute atomic E-state index is 12.3. The van der Waals surface area contributed by atoms with Gasteiger partial charge in [0.25, 0.3) is 5.91 Å². The third-order valence-electron chi connectivity index (χ3n) is 4.10. The van der Waals surface area contributed by atoms with E-state index in [-0.39, 0.29) is 5.91 Å². The monoisotopic (exact) mass is 301 g/mol. The van der Waals surface area contributed by atoms with Gasteiger partial charge < -0.3 is 4.74 Å². The van der Waals surface area contributed by atoms with E-state index in [1.54, 1.807) is 31.2 Å². The molecule has 118 valence electrons. The number of hydrazine groups is 1. The molecule has 0 spiro atoms. The Morgan fingerprint density at radius 3 is 2.45 bits per heavy atom. The molecule has 1 N–H and O–H groups in total. The van der Waals surface area contributed by atoms with Crippen LogP contribution in [-0.4, -0.2) is 29.1 Å². The molecule has 0 unspecified atom stereocenters. The molecule has 22 heavy (non-hydrogen) atoms. The first kappa shape index (κ1) is 16.3. The van der Waals surface area contributed by atoms with Gasteiger partial charge in [-0.3, -0.25) is 10.2 Å². The van der Waals surface area contributed by atoms with Gasteiger partial charge in [0.05, 0.1) is 11.6 Å². The smallest absolute Gasteiger partial charge is 0.275 e. The molecule has 1 heterocycles. The minimum atomic E-state index is -0.589. The van der Waals surface area contributed by atoms with Gasteiger partial charge in [0, 0.05) is 12.1 Å². The van der Waals surface area contributed by atoms with E-state index in [1.165, 1.54) is 6.42 Å². The van der Waals surface area contributed by atoms with Crippen LogP contribution in [0.5, 0.6) is 5.75 Å². The number of carbonyl (C=O) groups is 1. The Labute approximate surface area is 131 Å². The lowest BCUT2D eigenvalue weighted by Crippen LogP contribution is -2.56. The van der Waals surface area contributed by atoms with Crippen molar-refractivity contribution in [2.24, 2.45) is 0 Å². The van der Waals surface area contributed by atoms with Crippen LogP contribution in [0.25, 0.3) is 0 Å². The van der Waals surface area contributed by atoms with Crippen molar-refractivity contribution in [3.63, 3.8) is 0 Å². The van der Waals surface area contributed by atoms with Crippen molar-refractivity contribution in [2.75, 3.05) is 0 Å². The molecule has 1 aliphatic heterocycles. The highest BCUT2D eigenvalue weighted by molar-refractivity contribution is 5.80. The van der Waals surface area contributed by atoms with Crippen molar-refractivity contribution in [3.05, 3.63) is 29.8 Å². The summed E-state index contributed by atoms with van der Waals surface area (Å²) in [6.07, 6.45) is 2.80. The molecule has 1 amide bonds. The summed E-state index contributed by atoms with van der Waals surface area (Å²) < 4.78 is 5.64. The molecule has 0 aromatic heterocycles. The normalized spacial score (nSPS) is 23.4. The number of nitrogens with zero attached hydrogens (tertiary/aromatic N) is 2. The number of carbonyl (C=O) groups excluding carboxylic acids is 1. The number of hydrogen-bond donors (Lipinski definition) is 1. The molecule has 2 rings (SSSR count). The van der Waals surface area contributed by atoms with Crippen LogP contribution in [0, 0.1) is 11.3 Å². The van der Waals surface area contributed by atoms with Crippen LogP contribution in [-0.2, 0) is 4.79 Å². The minimum Gasteiger partial charge on any atom is -0.481 e. The van der Waals surface area contributed by atoms with E-state index in [0.717, 1.165) is 12.8 Å². The molecule has 1 aromatic rings. The van der Waals surface area contributed by atoms with Gasteiger partial charge in [-0.15, -0.1) is 0 Å². The summed E-state index contributed by atoms with van der Waals surface area (Å²) in [5, 5.41) is 10.8. The average Bonchev–Trinajstić information content (AvgIpc) is 2.51. The van der Waals surface area contributed by atoms with Gasteiger partial charge in [-0.25, -0.2) is 5.01 Å². The van der Waals surface area contributed by atoms with E-state index >= 15 is 0 Å². The third kappa shape index (κ3) is 3.99. The summed E-state index contributed by atoms with van der Waals surface area (Å²) in [7, 11) is 0. The Balaban J connectivity index is 1.92. The fourth-order valence-electron chi connectivity index (χ4n) is 2.73. The number of piperidine rings is 1.